The summed E-state index contributed by atoms with van der Waals surface area (Å²) in [4.78, 5) is 18.5. The monoisotopic (exact) mass is 415 g/mol. The van der Waals surface area contributed by atoms with E-state index in [1.54, 1.807) is 25.5 Å². The number of aromatic nitrogens is 1. The summed E-state index contributed by atoms with van der Waals surface area (Å²) < 4.78 is 27.3. The van der Waals surface area contributed by atoms with Crippen molar-refractivity contribution in [3.63, 3.8) is 0 Å². The van der Waals surface area contributed by atoms with Crippen LogP contribution in [0.2, 0.25) is 0 Å². The van der Waals surface area contributed by atoms with E-state index in [0.717, 1.165) is 31.5 Å². The van der Waals surface area contributed by atoms with E-state index in [0.29, 0.717) is 5.56 Å². The number of pyridine rings is 1. The topological polar surface area (TPSA) is 95.0 Å². The fourth-order valence-electron chi connectivity index (χ4n) is 3.18. The normalized spacial score (nSPS) is 16.4. The van der Waals surface area contributed by atoms with Crippen LogP contribution in [-0.4, -0.2) is 68.0 Å². The van der Waals surface area contributed by atoms with E-state index in [9.17, 15) is 13.2 Å². The summed E-state index contributed by atoms with van der Waals surface area (Å²) in [5.41, 5.74) is 3.51. The van der Waals surface area contributed by atoms with Crippen LogP contribution in [0.5, 0.6) is 0 Å². The van der Waals surface area contributed by atoms with Gasteiger partial charge in [0.05, 0.1) is 11.1 Å². The zero-order valence-corrected chi connectivity index (χ0v) is 17.3. The molecule has 0 atom stereocenters. The molecular weight excluding hydrogens is 390 g/mol. The van der Waals surface area contributed by atoms with Crippen molar-refractivity contribution in [2.24, 2.45) is 5.10 Å². The van der Waals surface area contributed by atoms with Crippen LogP contribution in [0.4, 0.5) is 0 Å². The third kappa shape index (κ3) is 5.26. The van der Waals surface area contributed by atoms with Gasteiger partial charge >= 0.3 is 0 Å². The average Bonchev–Trinajstić information content (AvgIpc) is 2.74. The van der Waals surface area contributed by atoms with Gasteiger partial charge in [-0.3, -0.25) is 9.78 Å². The summed E-state index contributed by atoms with van der Waals surface area (Å²) in [7, 11) is 0.0561. The van der Waals surface area contributed by atoms with Crippen LogP contribution in [-0.2, 0) is 10.0 Å². The summed E-state index contributed by atoms with van der Waals surface area (Å²) in [5, 5.41) is 3.89. The number of sulfonamides is 1. The molecule has 154 valence electrons. The van der Waals surface area contributed by atoms with Gasteiger partial charge in [-0.05, 0) is 63.3 Å². The lowest BCUT2D eigenvalue weighted by Crippen LogP contribution is -2.44. The van der Waals surface area contributed by atoms with Crippen molar-refractivity contribution < 1.29 is 13.2 Å². The first-order chi connectivity index (χ1) is 13.9. The molecule has 1 saturated heterocycles. The molecule has 3 rings (SSSR count). The number of carbonyl (C=O) groups is 1. The molecule has 0 aliphatic carbocycles. The van der Waals surface area contributed by atoms with Gasteiger partial charge in [0, 0.05) is 36.6 Å². The standard InChI is InChI=1S/C20H25N5O3S/c1-24-12-9-18(10-13-24)25(2)29(27,28)19-7-5-17(6-8-19)20(26)23-22-15-16-4-3-11-21-14-16/h3-8,11,14-15,18H,9-10,12-13H2,1-2H3,(H,23,26)/b22-15-. The third-order valence-electron chi connectivity index (χ3n) is 5.06. The molecule has 1 amide bonds. The number of amides is 1. The third-order valence-corrected chi connectivity index (χ3v) is 6.98. The first-order valence-corrected chi connectivity index (χ1v) is 10.8. The number of hydrogen-bond acceptors (Lipinski definition) is 6. The lowest BCUT2D eigenvalue weighted by Gasteiger charge is -2.34. The van der Waals surface area contributed by atoms with Crippen molar-refractivity contribution in [2.75, 3.05) is 27.2 Å². The maximum atomic E-state index is 12.9. The number of hydrogen-bond donors (Lipinski definition) is 1. The molecule has 1 fully saturated rings. The Kier molecular flexibility index (Phi) is 6.73. The second-order valence-electron chi connectivity index (χ2n) is 7.07. The number of rotatable bonds is 6. The lowest BCUT2D eigenvalue weighted by atomic mass is 10.1. The predicted octanol–water partition coefficient (Wildman–Crippen LogP) is 1.56. The van der Waals surface area contributed by atoms with Crippen LogP contribution in [0, 0.1) is 0 Å². The molecular formula is C20H25N5O3S. The molecule has 1 N–H and O–H groups in total. The molecule has 2 heterocycles. The smallest absolute Gasteiger partial charge is 0.271 e. The number of likely N-dealkylation sites (tertiary alicyclic amines) is 1. The number of carbonyl (C=O) groups excluding carboxylic acids is 1. The minimum Gasteiger partial charge on any atom is -0.306 e. The van der Waals surface area contributed by atoms with E-state index in [2.05, 4.69) is 20.4 Å². The highest BCUT2D eigenvalue weighted by Gasteiger charge is 2.30. The number of nitrogens with one attached hydrogen (secondary N) is 1. The van der Waals surface area contributed by atoms with Crippen LogP contribution in [0.25, 0.3) is 0 Å². The molecule has 0 unspecified atom stereocenters. The highest BCUT2D eigenvalue weighted by atomic mass is 32.2. The minimum absolute atomic E-state index is 0.0130. The van der Waals surface area contributed by atoms with E-state index in [4.69, 9.17) is 0 Å². The summed E-state index contributed by atoms with van der Waals surface area (Å²) >= 11 is 0. The molecule has 2 aromatic rings. The second-order valence-corrected chi connectivity index (χ2v) is 9.06. The Bertz CT molecular complexity index is 953. The van der Waals surface area contributed by atoms with Gasteiger partial charge in [0.1, 0.15) is 0 Å². The maximum absolute atomic E-state index is 12.9. The predicted molar refractivity (Wildman–Crippen MR) is 111 cm³/mol. The van der Waals surface area contributed by atoms with Crippen molar-refractivity contribution in [3.8, 4) is 0 Å². The van der Waals surface area contributed by atoms with Crippen LogP contribution < -0.4 is 5.43 Å². The van der Waals surface area contributed by atoms with E-state index >= 15 is 0 Å². The molecule has 8 nitrogen and oxygen atoms in total. The minimum atomic E-state index is -3.60. The highest BCUT2D eigenvalue weighted by Crippen LogP contribution is 2.22. The van der Waals surface area contributed by atoms with Crippen molar-refractivity contribution in [1.82, 2.24) is 19.6 Å². The molecule has 1 aromatic carbocycles. The van der Waals surface area contributed by atoms with Crippen molar-refractivity contribution >= 4 is 22.1 Å². The summed E-state index contributed by atoms with van der Waals surface area (Å²) in [6, 6.07) is 9.46. The van der Waals surface area contributed by atoms with Gasteiger partial charge in [0.25, 0.3) is 5.91 Å². The van der Waals surface area contributed by atoms with Crippen molar-refractivity contribution in [2.45, 2.75) is 23.8 Å². The first kappa shape index (κ1) is 21.1. The lowest BCUT2D eigenvalue weighted by molar-refractivity contribution is 0.0955. The maximum Gasteiger partial charge on any atom is 0.271 e. The molecule has 0 spiro atoms. The number of piperidine rings is 1. The van der Waals surface area contributed by atoms with Crippen molar-refractivity contribution in [3.05, 3.63) is 59.9 Å². The fraction of sp³-hybridized carbons (Fsp3) is 0.350. The summed E-state index contributed by atoms with van der Waals surface area (Å²) in [6.07, 6.45) is 6.37. The van der Waals surface area contributed by atoms with Crippen LogP contribution in [0.15, 0.2) is 58.8 Å². The number of benzene rings is 1. The van der Waals surface area contributed by atoms with Crippen LogP contribution in [0.3, 0.4) is 0 Å². The molecule has 1 aromatic heterocycles. The quantitative estimate of drug-likeness (QED) is 0.571. The summed E-state index contributed by atoms with van der Waals surface area (Å²) in [6.45, 7) is 1.76. The van der Waals surface area contributed by atoms with E-state index in [1.807, 2.05) is 13.1 Å². The fourth-order valence-corrected chi connectivity index (χ4v) is 4.60. The molecule has 0 radical (unpaired) electrons. The van der Waals surface area contributed by atoms with Gasteiger partial charge in [-0.15, -0.1) is 0 Å². The van der Waals surface area contributed by atoms with Gasteiger partial charge in [-0.1, -0.05) is 6.07 Å². The molecule has 29 heavy (non-hydrogen) atoms. The van der Waals surface area contributed by atoms with Gasteiger partial charge in [0.15, 0.2) is 0 Å². The molecule has 0 bridgehead atoms. The van der Waals surface area contributed by atoms with E-state index < -0.39 is 15.9 Å². The molecule has 1 aliphatic heterocycles. The number of nitrogens with zero attached hydrogens (tertiary/aromatic N) is 4. The van der Waals surface area contributed by atoms with Crippen molar-refractivity contribution in [1.29, 1.82) is 0 Å². The Morgan fingerprint density at radius 2 is 1.93 bits per heavy atom. The Balaban J connectivity index is 1.64. The van der Waals surface area contributed by atoms with Crippen LogP contribution >= 0.6 is 0 Å². The van der Waals surface area contributed by atoms with Crippen LogP contribution in [0.1, 0.15) is 28.8 Å². The van der Waals surface area contributed by atoms with E-state index in [-0.39, 0.29) is 10.9 Å². The van der Waals surface area contributed by atoms with Gasteiger partial charge < -0.3 is 4.90 Å². The largest absolute Gasteiger partial charge is 0.306 e. The molecule has 1 aliphatic rings. The van der Waals surface area contributed by atoms with E-state index in [1.165, 1.54) is 34.8 Å². The molecule has 0 saturated carbocycles. The zero-order chi connectivity index (χ0) is 20.9. The van der Waals surface area contributed by atoms with Gasteiger partial charge in [-0.25, -0.2) is 13.8 Å². The Morgan fingerprint density at radius 1 is 1.24 bits per heavy atom. The Hall–Kier alpha value is -2.62. The zero-order valence-electron chi connectivity index (χ0n) is 16.5. The SMILES string of the molecule is CN1CCC(N(C)S(=O)(=O)c2ccc(C(=O)N/N=C\c3cccnc3)cc2)CC1. The number of hydrazone groups is 1. The molecule has 9 heteroatoms. The van der Waals surface area contributed by atoms with Gasteiger partial charge in [0.2, 0.25) is 10.0 Å². The highest BCUT2D eigenvalue weighted by molar-refractivity contribution is 7.89. The second kappa shape index (κ2) is 9.25. The first-order valence-electron chi connectivity index (χ1n) is 9.38. The average molecular weight is 416 g/mol. The Morgan fingerprint density at radius 3 is 2.55 bits per heavy atom. The summed E-state index contributed by atoms with van der Waals surface area (Å²) in [5.74, 6) is -0.419. The van der Waals surface area contributed by atoms with Gasteiger partial charge in [-0.2, -0.15) is 9.41 Å². The Labute approximate surface area is 171 Å².